The molecular weight excluding hydrogens is 348 g/mol. The fraction of sp³-hybridized carbons (Fsp3) is 0.333. The van der Waals surface area contributed by atoms with Crippen LogP contribution >= 0.6 is 11.6 Å². The lowest BCUT2D eigenvalue weighted by molar-refractivity contribution is -0.121. The third-order valence-corrected chi connectivity index (χ3v) is 5.03. The van der Waals surface area contributed by atoms with E-state index in [9.17, 15) is 9.59 Å². The summed E-state index contributed by atoms with van der Waals surface area (Å²) in [6.45, 7) is 3.21. The lowest BCUT2D eigenvalue weighted by Crippen LogP contribution is -2.43. The number of nitrogens with one attached hydrogen (secondary N) is 1. The molecule has 2 aromatic carbocycles. The maximum Gasteiger partial charge on any atom is 0.253 e. The van der Waals surface area contributed by atoms with Crippen molar-refractivity contribution in [2.45, 2.75) is 26.2 Å². The number of piperidine rings is 1. The van der Waals surface area contributed by atoms with Crippen LogP contribution in [-0.4, -0.2) is 29.8 Å². The van der Waals surface area contributed by atoms with Crippen molar-refractivity contribution < 1.29 is 9.59 Å². The maximum absolute atomic E-state index is 12.7. The first-order chi connectivity index (χ1) is 12.6. The van der Waals surface area contributed by atoms with E-state index >= 15 is 0 Å². The smallest absolute Gasteiger partial charge is 0.253 e. The van der Waals surface area contributed by atoms with Crippen molar-refractivity contribution in [3.05, 3.63) is 64.7 Å². The fourth-order valence-electron chi connectivity index (χ4n) is 3.26. The van der Waals surface area contributed by atoms with E-state index in [-0.39, 0.29) is 17.7 Å². The van der Waals surface area contributed by atoms with Crippen molar-refractivity contribution in [2.75, 3.05) is 18.4 Å². The summed E-state index contributed by atoms with van der Waals surface area (Å²) in [5.41, 5.74) is 2.60. The zero-order chi connectivity index (χ0) is 18.5. The van der Waals surface area contributed by atoms with Gasteiger partial charge in [-0.05, 0) is 61.2 Å². The molecule has 3 rings (SSSR count). The Hall–Kier alpha value is -2.33. The van der Waals surface area contributed by atoms with E-state index in [4.69, 9.17) is 11.6 Å². The van der Waals surface area contributed by atoms with Crippen LogP contribution in [0.25, 0.3) is 0 Å². The van der Waals surface area contributed by atoms with Gasteiger partial charge in [-0.2, -0.15) is 0 Å². The van der Waals surface area contributed by atoms with E-state index in [1.807, 2.05) is 24.3 Å². The summed E-state index contributed by atoms with van der Waals surface area (Å²) in [5, 5.41) is 3.60. The van der Waals surface area contributed by atoms with Crippen LogP contribution in [0.15, 0.2) is 48.5 Å². The molecule has 136 valence electrons. The van der Waals surface area contributed by atoms with Crippen molar-refractivity contribution in [3.8, 4) is 0 Å². The number of hydrogen-bond acceptors (Lipinski definition) is 2. The Morgan fingerprint density at radius 3 is 2.69 bits per heavy atom. The first kappa shape index (κ1) is 18.5. The predicted octanol–water partition coefficient (Wildman–Crippen LogP) is 4.39. The van der Waals surface area contributed by atoms with Gasteiger partial charge in [-0.25, -0.2) is 0 Å². The molecule has 1 fully saturated rings. The van der Waals surface area contributed by atoms with Gasteiger partial charge in [0.1, 0.15) is 0 Å². The minimum Gasteiger partial charge on any atom is -0.338 e. The summed E-state index contributed by atoms with van der Waals surface area (Å²) in [6.07, 6.45) is 2.55. The lowest BCUT2D eigenvalue weighted by atomic mass is 9.96. The minimum absolute atomic E-state index is 0.0214. The molecule has 1 unspecified atom stereocenters. The zero-order valence-corrected chi connectivity index (χ0v) is 15.6. The third-order valence-electron chi connectivity index (χ3n) is 4.77. The summed E-state index contributed by atoms with van der Waals surface area (Å²) in [7, 11) is 0. The minimum atomic E-state index is -0.190. The highest BCUT2D eigenvalue weighted by Gasteiger charge is 2.29. The highest BCUT2D eigenvalue weighted by Crippen LogP contribution is 2.21. The molecule has 0 radical (unpaired) electrons. The number of halogens is 1. The molecule has 2 aromatic rings. The summed E-state index contributed by atoms with van der Waals surface area (Å²) in [5.74, 6) is -0.260. The molecule has 1 aliphatic rings. The summed E-state index contributed by atoms with van der Waals surface area (Å²) in [4.78, 5) is 27.1. The van der Waals surface area contributed by atoms with Crippen LogP contribution in [0.3, 0.4) is 0 Å². The number of anilines is 1. The highest BCUT2D eigenvalue weighted by molar-refractivity contribution is 6.30. The first-order valence-corrected chi connectivity index (χ1v) is 9.39. The molecule has 1 saturated heterocycles. The molecule has 0 spiro atoms. The van der Waals surface area contributed by atoms with Gasteiger partial charge < -0.3 is 10.2 Å². The summed E-state index contributed by atoms with van der Waals surface area (Å²) < 4.78 is 0. The van der Waals surface area contributed by atoms with Crippen LogP contribution in [0.2, 0.25) is 5.02 Å². The van der Waals surface area contributed by atoms with Gasteiger partial charge in [0.05, 0.1) is 5.92 Å². The van der Waals surface area contributed by atoms with Crippen LogP contribution in [0.1, 0.15) is 35.7 Å². The van der Waals surface area contributed by atoms with E-state index in [1.54, 1.807) is 29.2 Å². The van der Waals surface area contributed by atoms with Crippen LogP contribution in [0, 0.1) is 5.92 Å². The number of rotatable bonds is 4. The van der Waals surface area contributed by atoms with Crippen molar-refractivity contribution in [2.24, 2.45) is 5.92 Å². The Morgan fingerprint density at radius 2 is 1.96 bits per heavy atom. The average molecular weight is 371 g/mol. The molecule has 0 saturated carbocycles. The van der Waals surface area contributed by atoms with E-state index < -0.39 is 0 Å². The average Bonchev–Trinajstić information content (AvgIpc) is 2.68. The maximum atomic E-state index is 12.7. The van der Waals surface area contributed by atoms with Crippen LogP contribution in [0.5, 0.6) is 0 Å². The number of benzene rings is 2. The molecule has 5 heteroatoms. The molecule has 2 amide bonds. The predicted molar refractivity (Wildman–Crippen MR) is 105 cm³/mol. The van der Waals surface area contributed by atoms with E-state index in [2.05, 4.69) is 12.2 Å². The van der Waals surface area contributed by atoms with E-state index in [0.29, 0.717) is 23.7 Å². The van der Waals surface area contributed by atoms with Crippen LogP contribution in [0.4, 0.5) is 5.69 Å². The Labute approximate surface area is 159 Å². The van der Waals surface area contributed by atoms with Gasteiger partial charge >= 0.3 is 0 Å². The van der Waals surface area contributed by atoms with Crippen molar-refractivity contribution in [1.29, 1.82) is 0 Å². The molecule has 26 heavy (non-hydrogen) atoms. The number of hydrogen-bond donors (Lipinski definition) is 1. The molecule has 1 N–H and O–H groups in total. The van der Waals surface area contributed by atoms with Crippen LogP contribution < -0.4 is 5.32 Å². The summed E-state index contributed by atoms with van der Waals surface area (Å²) in [6, 6.07) is 14.8. The zero-order valence-electron chi connectivity index (χ0n) is 14.9. The monoisotopic (exact) mass is 370 g/mol. The van der Waals surface area contributed by atoms with E-state index in [0.717, 1.165) is 24.9 Å². The number of likely N-dealkylation sites (tertiary alicyclic amines) is 1. The second-order valence-corrected chi connectivity index (χ2v) is 7.08. The third kappa shape index (κ3) is 4.44. The molecule has 0 aliphatic carbocycles. The lowest BCUT2D eigenvalue weighted by Gasteiger charge is -2.32. The SMILES string of the molecule is CCc1cccc(NC(=O)C2CCCN(C(=O)c3ccc(Cl)cc3)C2)c1. The van der Waals surface area contributed by atoms with Gasteiger partial charge in [0.15, 0.2) is 0 Å². The quantitative estimate of drug-likeness (QED) is 0.867. The Morgan fingerprint density at radius 1 is 1.19 bits per heavy atom. The Balaban J connectivity index is 1.64. The van der Waals surface area contributed by atoms with Gasteiger partial charge in [-0.1, -0.05) is 30.7 Å². The molecule has 1 atom stereocenters. The highest BCUT2D eigenvalue weighted by atomic mass is 35.5. The summed E-state index contributed by atoms with van der Waals surface area (Å²) >= 11 is 5.89. The van der Waals surface area contributed by atoms with Gasteiger partial charge in [0.2, 0.25) is 5.91 Å². The second kappa shape index (κ2) is 8.37. The van der Waals surface area contributed by atoms with Gasteiger partial charge in [-0.3, -0.25) is 9.59 Å². The normalized spacial score (nSPS) is 17.0. The van der Waals surface area contributed by atoms with Gasteiger partial charge in [0, 0.05) is 29.4 Å². The van der Waals surface area contributed by atoms with Gasteiger partial charge in [0.25, 0.3) is 5.91 Å². The molecule has 0 bridgehead atoms. The number of amides is 2. The Bertz CT molecular complexity index is 789. The van der Waals surface area contributed by atoms with Gasteiger partial charge in [-0.15, -0.1) is 0 Å². The fourth-order valence-corrected chi connectivity index (χ4v) is 3.39. The van der Waals surface area contributed by atoms with E-state index in [1.165, 1.54) is 5.56 Å². The van der Waals surface area contributed by atoms with Crippen molar-refractivity contribution in [1.82, 2.24) is 4.90 Å². The van der Waals surface area contributed by atoms with Crippen LogP contribution in [-0.2, 0) is 11.2 Å². The first-order valence-electron chi connectivity index (χ1n) is 9.01. The largest absolute Gasteiger partial charge is 0.338 e. The topological polar surface area (TPSA) is 49.4 Å². The van der Waals surface area contributed by atoms with Crippen molar-refractivity contribution in [3.63, 3.8) is 0 Å². The number of nitrogens with zero attached hydrogens (tertiary/aromatic N) is 1. The molecular formula is C21H23ClN2O2. The molecule has 1 heterocycles. The molecule has 4 nitrogen and oxygen atoms in total. The standard InChI is InChI=1S/C21H23ClN2O2/c1-2-15-5-3-7-19(13-15)23-20(25)17-6-4-12-24(14-17)21(26)16-8-10-18(22)11-9-16/h3,5,7-11,13,17H,2,4,6,12,14H2,1H3,(H,23,25). The second-order valence-electron chi connectivity index (χ2n) is 6.64. The number of carbonyl (C=O) groups excluding carboxylic acids is 2. The van der Waals surface area contributed by atoms with Crippen molar-refractivity contribution >= 4 is 29.1 Å². The number of aryl methyl sites for hydroxylation is 1. The number of carbonyl (C=O) groups is 2. The molecule has 0 aromatic heterocycles. The Kier molecular flexibility index (Phi) is 5.94. The molecule has 1 aliphatic heterocycles.